The van der Waals surface area contributed by atoms with Crippen LogP contribution in [0.25, 0.3) is 0 Å². The molecule has 3 N–H and O–H groups in total. The highest BCUT2D eigenvalue weighted by atomic mass is 32.1. The topological polar surface area (TPSA) is 112 Å². The predicted octanol–water partition coefficient (Wildman–Crippen LogP) is -0.403. The lowest BCUT2D eigenvalue weighted by atomic mass is 10.00. The third kappa shape index (κ3) is 2.81. The van der Waals surface area contributed by atoms with Gasteiger partial charge in [-0.25, -0.2) is 0 Å². The summed E-state index contributed by atoms with van der Waals surface area (Å²) in [7, 11) is 0. The van der Waals surface area contributed by atoms with E-state index in [9.17, 15) is 14.4 Å². The molecule has 0 spiro atoms. The molecule has 0 aromatic rings. The highest BCUT2D eigenvalue weighted by Crippen LogP contribution is 2.28. The fraction of sp³-hybridized carbons (Fsp3) is 0.500. The third-order valence-electron chi connectivity index (χ3n) is 1.48. The summed E-state index contributed by atoms with van der Waals surface area (Å²) in [6.07, 6.45) is -0.925. The average molecular weight is 240 g/mol. The van der Waals surface area contributed by atoms with Crippen molar-refractivity contribution in [3.8, 4) is 0 Å². The fourth-order valence-corrected chi connectivity index (χ4v) is 1.17. The first-order valence-corrected chi connectivity index (χ1v) is 4.26. The molecule has 2 unspecified atom stereocenters. The van der Waals surface area contributed by atoms with Gasteiger partial charge in [-0.1, -0.05) is 0 Å². The van der Waals surface area contributed by atoms with Gasteiger partial charge >= 0.3 is 17.9 Å². The lowest BCUT2D eigenvalue weighted by Crippen LogP contribution is -2.47. The number of carbonyl (C=O) groups is 3. The van der Waals surface area contributed by atoms with E-state index in [4.69, 9.17) is 15.3 Å². The number of carboxylic acids is 3. The highest BCUT2D eigenvalue weighted by molar-refractivity contribution is 7.87. The van der Waals surface area contributed by atoms with Crippen LogP contribution in [0, 0.1) is 0 Å². The molecule has 0 aliphatic rings. The molecule has 0 aliphatic heterocycles. The summed E-state index contributed by atoms with van der Waals surface area (Å²) >= 11 is 7.05. The van der Waals surface area contributed by atoms with Gasteiger partial charge in [-0.2, -0.15) is 25.3 Å². The number of hydrogen-bond donors (Lipinski definition) is 5. The lowest BCUT2D eigenvalue weighted by Gasteiger charge is -2.24. The molecule has 0 rings (SSSR count). The molecule has 2 atom stereocenters. The molecule has 14 heavy (non-hydrogen) atoms. The zero-order valence-electron chi connectivity index (χ0n) is 6.75. The van der Waals surface area contributed by atoms with Gasteiger partial charge in [0, 0.05) is 0 Å². The Kier molecular flexibility index (Phi) is 4.27. The van der Waals surface area contributed by atoms with Gasteiger partial charge in [-0.3, -0.25) is 14.4 Å². The largest absolute Gasteiger partial charge is 0.481 e. The summed E-state index contributed by atoms with van der Waals surface area (Å²) in [5.41, 5.74) is 0. The minimum absolute atomic E-state index is 0.925. The van der Waals surface area contributed by atoms with Crippen molar-refractivity contribution >= 4 is 43.2 Å². The Morgan fingerprint density at radius 1 is 1.21 bits per heavy atom. The Labute approximate surface area is 89.7 Å². The van der Waals surface area contributed by atoms with Crippen molar-refractivity contribution in [3.63, 3.8) is 0 Å². The second-order valence-corrected chi connectivity index (χ2v) is 3.86. The third-order valence-corrected chi connectivity index (χ3v) is 2.95. The Bertz CT molecular complexity index is 277. The molecule has 0 aromatic heterocycles. The van der Waals surface area contributed by atoms with E-state index in [0.29, 0.717) is 0 Å². The minimum Gasteiger partial charge on any atom is -0.481 e. The normalized spacial score (nSPS) is 16.7. The minimum atomic E-state index is -2.22. The quantitative estimate of drug-likeness (QED) is 0.418. The van der Waals surface area contributed by atoms with Crippen molar-refractivity contribution in [2.45, 2.75) is 16.4 Å². The second kappa shape index (κ2) is 4.56. The van der Waals surface area contributed by atoms with Gasteiger partial charge in [0.25, 0.3) is 0 Å². The number of hydrogen-bond acceptors (Lipinski definition) is 5. The summed E-state index contributed by atoms with van der Waals surface area (Å²) in [4.78, 5) is 31.4. The molecule has 0 fully saturated rings. The van der Waals surface area contributed by atoms with Crippen LogP contribution in [0.1, 0.15) is 6.42 Å². The maximum Gasteiger partial charge on any atom is 0.321 e. The Balaban J connectivity index is 4.99. The van der Waals surface area contributed by atoms with Crippen LogP contribution in [-0.2, 0) is 14.4 Å². The van der Waals surface area contributed by atoms with Crippen molar-refractivity contribution in [1.82, 2.24) is 0 Å². The molecule has 0 saturated carbocycles. The van der Waals surface area contributed by atoms with Gasteiger partial charge in [0.2, 0.25) is 0 Å². The smallest absolute Gasteiger partial charge is 0.321 e. The van der Waals surface area contributed by atoms with Crippen molar-refractivity contribution in [2.75, 3.05) is 0 Å². The van der Waals surface area contributed by atoms with Crippen LogP contribution in [0.5, 0.6) is 0 Å². The van der Waals surface area contributed by atoms with Crippen LogP contribution in [0.4, 0.5) is 0 Å². The number of aliphatic carboxylic acids is 3. The van der Waals surface area contributed by atoms with Crippen LogP contribution in [0.15, 0.2) is 0 Å². The Morgan fingerprint density at radius 3 is 1.86 bits per heavy atom. The summed E-state index contributed by atoms with van der Waals surface area (Å²) in [6, 6.07) is 0. The molecule has 8 heteroatoms. The first-order valence-electron chi connectivity index (χ1n) is 3.30. The predicted molar refractivity (Wildman–Crippen MR) is 52.0 cm³/mol. The average Bonchev–Trinajstić information content (AvgIpc) is 2.00. The van der Waals surface area contributed by atoms with Crippen molar-refractivity contribution in [2.24, 2.45) is 0 Å². The molecule has 0 aromatic carbocycles. The van der Waals surface area contributed by atoms with E-state index in [0.717, 1.165) is 0 Å². The molecular formula is C6H8O6S2. The van der Waals surface area contributed by atoms with Gasteiger partial charge in [-0.05, 0) is 0 Å². The molecule has 0 saturated heterocycles. The van der Waals surface area contributed by atoms with Crippen LogP contribution in [0.3, 0.4) is 0 Å². The monoisotopic (exact) mass is 240 g/mol. The zero-order valence-corrected chi connectivity index (χ0v) is 8.53. The Hall–Kier alpha value is -0.890. The maximum absolute atomic E-state index is 10.7. The molecule has 80 valence electrons. The summed E-state index contributed by atoms with van der Waals surface area (Å²) < 4.78 is -2.22. The van der Waals surface area contributed by atoms with E-state index < -0.39 is 34.3 Å². The summed E-state index contributed by atoms with van der Waals surface area (Å²) in [5.74, 6) is -4.62. The first-order chi connectivity index (χ1) is 6.21. The number of carboxylic acid groups (broad SMARTS) is 3. The summed E-state index contributed by atoms with van der Waals surface area (Å²) in [5, 5.41) is 23.8. The van der Waals surface area contributed by atoms with E-state index in [1.165, 1.54) is 0 Å². The highest BCUT2D eigenvalue weighted by Gasteiger charge is 2.46. The molecule has 0 amide bonds. The van der Waals surface area contributed by atoms with E-state index in [1.54, 1.807) is 0 Å². The molecule has 0 radical (unpaired) electrons. The molecule has 0 aliphatic carbocycles. The second-order valence-electron chi connectivity index (χ2n) is 2.54. The lowest BCUT2D eigenvalue weighted by molar-refractivity contribution is -0.149. The van der Waals surface area contributed by atoms with Crippen LogP contribution < -0.4 is 0 Å². The number of thiol groups is 2. The SMILES string of the molecule is O=C(O)CC(S)(C(=O)O)C(S)C(=O)O. The first kappa shape index (κ1) is 13.1. The zero-order chi connectivity index (χ0) is 11.5. The van der Waals surface area contributed by atoms with Gasteiger partial charge in [0.15, 0.2) is 0 Å². The molecule has 0 bridgehead atoms. The Morgan fingerprint density at radius 2 is 1.64 bits per heavy atom. The van der Waals surface area contributed by atoms with Gasteiger partial charge in [0.1, 0.15) is 10.00 Å². The molecule has 6 nitrogen and oxygen atoms in total. The van der Waals surface area contributed by atoms with Gasteiger partial charge < -0.3 is 15.3 Å². The van der Waals surface area contributed by atoms with Gasteiger partial charge in [0.05, 0.1) is 6.42 Å². The van der Waals surface area contributed by atoms with Crippen molar-refractivity contribution in [3.05, 3.63) is 0 Å². The standard InChI is InChI=1S/C6H8O6S2/c7-2(8)1-6(14,5(11)12)3(13)4(9)10/h3,13-14H,1H2,(H,7,8)(H,9,10)(H,11,12). The van der Waals surface area contributed by atoms with Crippen LogP contribution in [-0.4, -0.2) is 43.2 Å². The number of rotatable bonds is 5. The van der Waals surface area contributed by atoms with Crippen LogP contribution in [0.2, 0.25) is 0 Å². The van der Waals surface area contributed by atoms with E-state index in [-0.39, 0.29) is 0 Å². The maximum atomic E-state index is 10.7. The van der Waals surface area contributed by atoms with Crippen molar-refractivity contribution in [1.29, 1.82) is 0 Å². The fourth-order valence-electron chi connectivity index (χ4n) is 0.724. The van der Waals surface area contributed by atoms with Crippen molar-refractivity contribution < 1.29 is 29.7 Å². The van der Waals surface area contributed by atoms with Gasteiger partial charge in [-0.15, -0.1) is 0 Å². The van der Waals surface area contributed by atoms with E-state index >= 15 is 0 Å². The summed E-state index contributed by atoms with van der Waals surface area (Å²) in [6.45, 7) is 0. The van der Waals surface area contributed by atoms with E-state index in [1.807, 2.05) is 0 Å². The molecular weight excluding hydrogens is 232 g/mol. The van der Waals surface area contributed by atoms with E-state index in [2.05, 4.69) is 25.3 Å². The van der Waals surface area contributed by atoms with Crippen LogP contribution >= 0.6 is 25.3 Å². The molecule has 0 heterocycles.